The van der Waals surface area contributed by atoms with Gasteiger partial charge in [-0.25, -0.2) is 4.39 Å². The summed E-state index contributed by atoms with van der Waals surface area (Å²) in [6.07, 6.45) is 3.07. The fourth-order valence-electron chi connectivity index (χ4n) is 1.32. The molecule has 1 heterocycles. The van der Waals surface area contributed by atoms with Gasteiger partial charge in [0.25, 0.3) is 5.91 Å². The quantitative estimate of drug-likeness (QED) is 0.946. The Morgan fingerprint density at radius 2 is 2.24 bits per heavy atom. The fraction of sp³-hybridized carbons (Fsp3) is 0.0833. The van der Waals surface area contributed by atoms with Crippen molar-refractivity contribution in [2.24, 2.45) is 0 Å². The number of nitrogens with one attached hydrogen (secondary N) is 1. The van der Waals surface area contributed by atoms with Crippen LogP contribution >= 0.6 is 15.9 Å². The normalized spacial score (nSPS) is 10.2. The first-order valence-electron chi connectivity index (χ1n) is 4.91. The van der Waals surface area contributed by atoms with E-state index >= 15 is 0 Å². The zero-order chi connectivity index (χ0) is 12.3. The molecule has 0 spiro atoms. The van der Waals surface area contributed by atoms with Gasteiger partial charge in [-0.3, -0.25) is 4.79 Å². The van der Waals surface area contributed by atoms with E-state index < -0.39 is 5.82 Å². The van der Waals surface area contributed by atoms with Gasteiger partial charge in [-0.1, -0.05) is 0 Å². The largest absolute Gasteiger partial charge is 0.472 e. The van der Waals surface area contributed by atoms with E-state index in [9.17, 15) is 9.18 Å². The van der Waals surface area contributed by atoms with Gasteiger partial charge < -0.3 is 9.73 Å². The highest BCUT2D eigenvalue weighted by molar-refractivity contribution is 9.10. The maximum atomic E-state index is 13.2. The van der Waals surface area contributed by atoms with E-state index in [0.29, 0.717) is 11.0 Å². The van der Waals surface area contributed by atoms with Crippen LogP contribution in [-0.2, 0) is 6.54 Å². The molecule has 88 valence electrons. The fourth-order valence-corrected chi connectivity index (χ4v) is 1.56. The summed E-state index contributed by atoms with van der Waals surface area (Å²) in [4.78, 5) is 11.7. The molecule has 2 rings (SSSR count). The minimum atomic E-state index is -0.457. The first kappa shape index (κ1) is 11.9. The average Bonchev–Trinajstić information content (AvgIpc) is 2.82. The van der Waals surface area contributed by atoms with Crippen LogP contribution in [0.3, 0.4) is 0 Å². The third-order valence-corrected chi connectivity index (χ3v) is 2.86. The lowest BCUT2D eigenvalue weighted by atomic mass is 10.2. The predicted molar refractivity (Wildman–Crippen MR) is 64.0 cm³/mol. The predicted octanol–water partition coefficient (Wildman–Crippen LogP) is 3.11. The molecule has 0 radical (unpaired) electrons. The van der Waals surface area contributed by atoms with Gasteiger partial charge in [-0.05, 0) is 40.2 Å². The molecule has 17 heavy (non-hydrogen) atoms. The van der Waals surface area contributed by atoms with Gasteiger partial charge in [0.15, 0.2) is 0 Å². The minimum absolute atomic E-state index is 0.286. The highest BCUT2D eigenvalue weighted by Gasteiger charge is 2.08. The smallest absolute Gasteiger partial charge is 0.251 e. The maximum Gasteiger partial charge on any atom is 0.251 e. The van der Waals surface area contributed by atoms with Crippen LogP contribution in [0.2, 0.25) is 0 Å². The molecule has 1 N–H and O–H groups in total. The number of halogens is 2. The molecule has 2 aromatic rings. The van der Waals surface area contributed by atoms with Gasteiger partial charge >= 0.3 is 0 Å². The molecule has 0 fully saturated rings. The van der Waals surface area contributed by atoms with Gasteiger partial charge in [0.2, 0.25) is 0 Å². The molecule has 5 heteroatoms. The summed E-state index contributed by atoms with van der Waals surface area (Å²) in [5.74, 6) is -0.779. The van der Waals surface area contributed by atoms with E-state index in [-0.39, 0.29) is 11.5 Å². The van der Waals surface area contributed by atoms with Crippen LogP contribution in [0.4, 0.5) is 4.39 Å². The molecule has 0 bridgehead atoms. The number of rotatable bonds is 3. The van der Waals surface area contributed by atoms with E-state index in [4.69, 9.17) is 4.42 Å². The molecule has 3 nitrogen and oxygen atoms in total. The number of amides is 1. The van der Waals surface area contributed by atoms with Crippen LogP contribution in [-0.4, -0.2) is 5.91 Å². The van der Waals surface area contributed by atoms with Gasteiger partial charge in [-0.15, -0.1) is 0 Å². The number of benzene rings is 1. The number of hydrogen-bond acceptors (Lipinski definition) is 2. The minimum Gasteiger partial charge on any atom is -0.472 e. The molecule has 0 aliphatic heterocycles. The highest BCUT2D eigenvalue weighted by atomic mass is 79.9. The van der Waals surface area contributed by atoms with Gasteiger partial charge in [-0.2, -0.15) is 0 Å². The first-order valence-corrected chi connectivity index (χ1v) is 5.70. The summed E-state index contributed by atoms with van der Waals surface area (Å²) in [5.41, 5.74) is 1.14. The molecule has 0 atom stereocenters. The van der Waals surface area contributed by atoms with Crippen LogP contribution in [0.1, 0.15) is 15.9 Å². The monoisotopic (exact) mass is 297 g/mol. The topological polar surface area (TPSA) is 42.2 Å². The Kier molecular flexibility index (Phi) is 3.58. The van der Waals surface area contributed by atoms with E-state index in [1.165, 1.54) is 18.4 Å². The van der Waals surface area contributed by atoms with Gasteiger partial charge in [0.1, 0.15) is 5.82 Å². The Bertz CT molecular complexity index is 525. The number of carbonyl (C=O) groups is 1. The summed E-state index contributed by atoms with van der Waals surface area (Å²) in [5, 5.41) is 2.67. The molecule has 0 aliphatic rings. The van der Waals surface area contributed by atoms with Crippen molar-refractivity contribution >= 4 is 21.8 Å². The van der Waals surface area contributed by atoms with Crippen molar-refractivity contribution in [3.63, 3.8) is 0 Å². The first-order chi connectivity index (χ1) is 8.16. The zero-order valence-electron chi connectivity index (χ0n) is 8.74. The third-order valence-electron chi connectivity index (χ3n) is 2.21. The molecular weight excluding hydrogens is 289 g/mol. The molecule has 0 saturated carbocycles. The summed E-state index contributed by atoms with van der Waals surface area (Å²) in [6, 6.07) is 6.00. The van der Waals surface area contributed by atoms with Crippen molar-refractivity contribution in [1.82, 2.24) is 5.32 Å². The average molecular weight is 298 g/mol. The maximum absolute atomic E-state index is 13.2. The second-order valence-electron chi connectivity index (χ2n) is 3.44. The van der Waals surface area contributed by atoms with Crippen molar-refractivity contribution < 1.29 is 13.6 Å². The summed E-state index contributed by atoms with van der Waals surface area (Å²) in [6.45, 7) is 0.354. The van der Waals surface area contributed by atoms with Crippen LogP contribution in [0.25, 0.3) is 0 Å². The van der Waals surface area contributed by atoms with Gasteiger partial charge in [0.05, 0.1) is 17.0 Å². The van der Waals surface area contributed by atoms with Crippen molar-refractivity contribution in [1.29, 1.82) is 0 Å². The van der Waals surface area contributed by atoms with E-state index in [2.05, 4.69) is 21.2 Å². The SMILES string of the molecule is O=C(NCc1ccoc1)c1ccc(Br)c(F)c1. The third kappa shape index (κ3) is 2.94. The molecule has 0 unspecified atom stereocenters. The van der Waals surface area contributed by atoms with Crippen molar-refractivity contribution in [2.75, 3.05) is 0 Å². The second kappa shape index (κ2) is 5.14. The molecule has 0 saturated heterocycles. The van der Waals surface area contributed by atoms with Crippen molar-refractivity contribution in [3.05, 3.63) is 58.2 Å². The van der Waals surface area contributed by atoms with Crippen molar-refractivity contribution in [2.45, 2.75) is 6.54 Å². The molecule has 1 amide bonds. The van der Waals surface area contributed by atoms with E-state index in [1.54, 1.807) is 18.4 Å². The molecular formula is C12H9BrFNO2. The van der Waals surface area contributed by atoms with Crippen molar-refractivity contribution in [3.8, 4) is 0 Å². The Hall–Kier alpha value is -1.62. The Morgan fingerprint density at radius 3 is 2.88 bits per heavy atom. The standard InChI is InChI=1S/C12H9BrFNO2/c13-10-2-1-9(5-11(10)14)12(16)15-6-8-3-4-17-7-8/h1-5,7H,6H2,(H,15,16). The Labute approximate surface area is 106 Å². The van der Waals surface area contributed by atoms with Crippen LogP contribution < -0.4 is 5.32 Å². The summed E-state index contributed by atoms with van der Waals surface area (Å²) in [7, 11) is 0. The Morgan fingerprint density at radius 1 is 1.41 bits per heavy atom. The summed E-state index contributed by atoms with van der Waals surface area (Å²) < 4.78 is 18.4. The lowest BCUT2D eigenvalue weighted by molar-refractivity contribution is 0.0950. The van der Waals surface area contributed by atoms with E-state index in [0.717, 1.165) is 5.56 Å². The number of furan rings is 1. The van der Waals surface area contributed by atoms with E-state index in [1.807, 2.05) is 0 Å². The zero-order valence-corrected chi connectivity index (χ0v) is 10.3. The lowest BCUT2D eigenvalue weighted by Gasteiger charge is -2.04. The molecule has 1 aromatic heterocycles. The lowest BCUT2D eigenvalue weighted by Crippen LogP contribution is -2.22. The number of carbonyl (C=O) groups excluding carboxylic acids is 1. The molecule has 0 aliphatic carbocycles. The van der Waals surface area contributed by atoms with Crippen LogP contribution in [0, 0.1) is 5.82 Å². The van der Waals surface area contributed by atoms with Crippen LogP contribution in [0.15, 0.2) is 45.7 Å². The van der Waals surface area contributed by atoms with Gasteiger partial charge in [0, 0.05) is 17.7 Å². The van der Waals surface area contributed by atoms with Crippen LogP contribution in [0.5, 0.6) is 0 Å². The second-order valence-corrected chi connectivity index (χ2v) is 4.30. The number of hydrogen-bond donors (Lipinski definition) is 1. The summed E-state index contributed by atoms with van der Waals surface area (Å²) >= 11 is 3.03. The Balaban J connectivity index is 2.02. The molecule has 1 aromatic carbocycles. The highest BCUT2D eigenvalue weighted by Crippen LogP contribution is 2.16.